The topological polar surface area (TPSA) is 55.3 Å². The molecular formula is C18H18F3N3O2. The molecule has 1 aromatic heterocycles. The fourth-order valence-electron chi connectivity index (χ4n) is 2.78. The van der Waals surface area contributed by atoms with E-state index in [9.17, 15) is 18.0 Å². The molecule has 1 amide bonds. The van der Waals surface area contributed by atoms with Gasteiger partial charge in [-0.15, -0.1) is 5.10 Å². The van der Waals surface area contributed by atoms with E-state index < -0.39 is 11.7 Å². The molecule has 1 fully saturated rings. The Hall–Kier alpha value is -2.64. The number of piperidine rings is 1. The second-order valence-corrected chi connectivity index (χ2v) is 6.20. The maximum Gasteiger partial charge on any atom is 0.416 e. The lowest BCUT2D eigenvalue weighted by molar-refractivity contribution is -0.137. The summed E-state index contributed by atoms with van der Waals surface area (Å²) in [4.78, 5) is 14.1. The number of carbonyl (C=O) groups excluding carboxylic acids is 1. The first-order valence-corrected chi connectivity index (χ1v) is 8.26. The molecule has 0 unspecified atom stereocenters. The van der Waals surface area contributed by atoms with Crippen LogP contribution in [0.1, 0.15) is 34.5 Å². The number of hydrogen-bond donors (Lipinski definition) is 0. The molecular weight excluding hydrogens is 347 g/mol. The quantitative estimate of drug-likeness (QED) is 0.836. The summed E-state index contributed by atoms with van der Waals surface area (Å²) in [5, 5.41) is 7.89. The van der Waals surface area contributed by atoms with Crippen LogP contribution in [0.15, 0.2) is 36.4 Å². The summed E-state index contributed by atoms with van der Waals surface area (Å²) in [5.41, 5.74) is 0.288. The van der Waals surface area contributed by atoms with E-state index in [0.29, 0.717) is 31.8 Å². The smallest absolute Gasteiger partial charge is 0.416 e. The van der Waals surface area contributed by atoms with E-state index in [1.165, 1.54) is 12.1 Å². The number of ether oxygens (including phenoxy) is 1. The van der Waals surface area contributed by atoms with Crippen LogP contribution in [0.4, 0.5) is 13.2 Å². The molecule has 1 aliphatic rings. The Balaban J connectivity index is 1.55. The number of likely N-dealkylation sites (tertiary alicyclic amines) is 1. The first kappa shape index (κ1) is 18.2. The summed E-state index contributed by atoms with van der Waals surface area (Å²) in [6.07, 6.45) is -3.22. The Morgan fingerprint density at radius 1 is 1.08 bits per heavy atom. The third-order valence-electron chi connectivity index (χ3n) is 4.25. The van der Waals surface area contributed by atoms with Crippen molar-refractivity contribution in [3.05, 3.63) is 53.2 Å². The Morgan fingerprint density at radius 3 is 2.27 bits per heavy atom. The van der Waals surface area contributed by atoms with Gasteiger partial charge >= 0.3 is 6.18 Å². The summed E-state index contributed by atoms with van der Waals surface area (Å²) < 4.78 is 43.6. The predicted octanol–water partition coefficient (Wildman–Crippen LogP) is 3.49. The molecule has 0 radical (unpaired) electrons. The highest BCUT2D eigenvalue weighted by atomic mass is 19.4. The zero-order chi connectivity index (χ0) is 18.7. The van der Waals surface area contributed by atoms with Crippen LogP contribution in [0.5, 0.6) is 5.88 Å². The Morgan fingerprint density at radius 2 is 1.73 bits per heavy atom. The van der Waals surface area contributed by atoms with Gasteiger partial charge in [0, 0.05) is 37.6 Å². The van der Waals surface area contributed by atoms with Crippen LogP contribution >= 0.6 is 0 Å². The van der Waals surface area contributed by atoms with Crippen molar-refractivity contribution in [1.29, 1.82) is 0 Å². The van der Waals surface area contributed by atoms with Crippen molar-refractivity contribution in [2.45, 2.75) is 32.0 Å². The van der Waals surface area contributed by atoms with Gasteiger partial charge in [-0.3, -0.25) is 4.79 Å². The van der Waals surface area contributed by atoms with Crippen LogP contribution in [0.2, 0.25) is 0 Å². The fourth-order valence-corrected chi connectivity index (χ4v) is 2.78. The van der Waals surface area contributed by atoms with Gasteiger partial charge in [-0.2, -0.15) is 18.3 Å². The minimum Gasteiger partial charge on any atom is -0.473 e. The number of rotatable bonds is 3. The van der Waals surface area contributed by atoms with Gasteiger partial charge in [0.25, 0.3) is 5.91 Å². The van der Waals surface area contributed by atoms with Crippen molar-refractivity contribution in [2.24, 2.45) is 0 Å². The number of alkyl halides is 3. The first-order chi connectivity index (χ1) is 12.3. The van der Waals surface area contributed by atoms with E-state index in [2.05, 4.69) is 10.2 Å². The molecule has 138 valence electrons. The maximum atomic E-state index is 12.6. The number of nitrogens with zero attached hydrogens (tertiary/aromatic N) is 3. The third kappa shape index (κ3) is 4.30. The molecule has 0 aliphatic carbocycles. The average Bonchev–Trinajstić information content (AvgIpc) is 2.63. The molecule has 1 aromatic carbocycles. The SMILES string of the molecule is Cc1ccc(OC2CCN(C(=O)c3ccc(C(F)(F)F)cc3)CC2)nn1. The van der Waals surface area contributed by atoms with Gasteiger partial charge in [-0.05, 0) is 37.3 Å². The summed E-state index contributed by atoms with van der Waals surface area (Å²) >= 11 is 0. The van der Waals surface area contributed by atoms with E-state index in [4.69, 9.17) is 4.74 Å². The molecule has 8 heteroatoms. The molecule has 0 bridgehead atoms. The molecule has 0 saturated carbocycles. The lowest BCUT2D eigenvalue weighted by atomic mass is 10.1. The van der Waals surface area contributed by atoms with Crippen molar-refractivity contribution in [1.82, 2.24) is 15.1 Å². The monoisotopic (exact) mass is 365 g/mol. The van der Waals surface area contributed by atoms with Gasteiger partial charge in [0.15, 0.2) is 0 Å². The number of benzene rings is 1. The van der Waals surface area contributed by atoms with Crippen LogP contribution in [-0.4, -0.2) is 40.2 Å². The molecule has 3 rings (SSSR count). The zero-order valence-electron chi connectivity index (χ0n) is 14.2. The maximum absolute atomic E-state index is 12.6. The van der Waals surface area contributed by atoms with Gasteiger partial charge in [-0.25, -0.2) is 0 Å². The number of hydrogen-bond acceptors (Lipinski definition) is 4. The molecule has 0 N–H and O–H groups in total. The van der Waals surface area contributed by atoms with Crippen LogP contribution in [-0.2, 0) is 6.18 Å². The highest BCUT2D eigenvalue weighted by Gasteiger charge is 2.31. The van der Waals surface area contributed by atoms with Crippen LogP contribution in [0, 0.1) is 6.92 Å². The first-order valence-electron chi connectivity index (χ1n) is 8.26. The number of halogens is 3. The van der Waals surface area contributed by atoms with Crippen LogP contribution in [0.25, 0.3) is 0 Å². The summed E-state index contributed by atoms with van der Waals surface area (Å²) in [6, 6.07) is 7.86. The standard InChI is InChI=1S/C18H18F3N3O2/c1-12-2-7-16(23-22-12)26-15-8-10-24(11-9-15)17(25)13-3-5-14(6-4-13)18(19,20)21/h2-7,15H,8-11H2,1H3. The second-order valence-electron chi connectivity index (χ2n) is 6.20. The number of aromatic nitrogens is 2. The van der Waals surface area contributed by atoms with Crippen molar-refractivity contribution in [3.63, 3.8) is 0 Å². The van der Waals surface area contributed by atoms with Crippen molar-refractivity contribution < 1.29 is 22.7 Å². The Labute approximate surface area is 148 Å². The summed E-state index contributed by atoms with van der Waals surface area (Å²) in [5.74, 6) is 0.176. The van der Waals surface area contributed by atoms with Crippen LogP contribution in [0.3, 0.4) is 0 Å². The molecule has 0 spiro atoms. The third-order valence-corrected chi connectivity index (χ3v) is 4.25. The Kier molecular flexibility index (Phi) is 5.11. The molecule has 2 aromatic rings. The molecule has 1 saturated heterocycles. The summed E-state index contributed by atoms with van der Waals surface area (Å²) in [7, 11) is 0. The van der Waals surface area contributed by atoms with Crippen molar-refractivity contribution in [3.8, 4) is 5.88 Å². The van der Waals surface area contributed by atoms with Gasteiger partial charge in [-0.1, -0.05) is 0 Å². The highest BCUT2D eigenvalue weighted by molar-refractivity contribution is 5.94. The highest BCUT2D eigenvalue weighted by Crippen LogP contribution is 2.29. The molecule has 26 heavy (non-hydrogen) atoms. The lowest BCUT2D eigenvalue weighted by Crippen LogP contribution is -2.41. The minimum absolute atomic E-state index is 0.0661. The number of amides is 1. The van der Waals surface area contributed by atoms with Gasteiger partial charge < -0.3 is 9.64 Å². The molecule has 2 heterocycles. The van der Waals surface area contributed by atoms with E-state index in [1.807, 2.05) is 13.0 Å². The van der Waals surface area contributed by atoms with Gasteiger partial charge in [0.05, 0.1) is 11.3 Å². The van der Waals surface area contributed by atoms with Crippen molar-refractivity contribution in [2.75, 3.05) is 13.1 Å². The van der Waals surface area contributed by atoms with E-state index in [-0.39, 0.29) is 17.6 Å². The van der Waals surface area contributed by atoms with E-state index in [1.54, 1.807) is 11.0 Å². The lowest BCUT2D eigenvalue weighted by Gasteiger charge is -2.32. The largest absolute Gasteiger partial charge is 0.473 e. The van der Waals surface area contributed by atoms with Crippen LogP contribution < -0.4 is 4.74 Å². The molecule has 1 aliphatic heterocycles. The van der Waals surface area contributed by atoms with E-state index in [0.717, 1.165) is 17.8 Å². The fraction of sp³-hybridized carbons (Fsp3) is 0.389. The number of aryl methyl sites for hydroxylation is 1. The van der Waals surface area contributed by atoms with Gasteiger partial charge in [0.2, 0.25) is 5.88 Å². The second kappa shape index (κ2) is 7.31. The minimum atomic E-state index is -4.41. The predicted molar refractivity (Wildman–Crippen MR) is 87.8 cm³/mol. The average molecular weight is 365 g/mol. The van der Waals surface area contributed by atoms with E-state index >= 15 is 0 Å². The Bertz CT molecular complexity index is 753. The van der Waals surface area contributed by atoms with Crippen molar-refractivity contribution >= 4 is 5.91 Å². The normalized spacial score (nSPS) is 15.8. The number of carbonyl (C=O) groups is 1. The zero-order valence-corrected chi connectivity index (χ0v) is 14.2. The summed E-state index contributed by atoms with van der Waals surface area (Å²) in [6.45, 7) is 2.79. The molecule has 0 atom stereocenters. The molecule has 5 nitrogen and oxygen atoms in total. The van der Waals surface area contributed by atoms with Gasteiger partial charge in [0.1, 0.15) is 6.10 Å².